The van der Waals surface area contributed by atoms with Crippen molar-refractivity contribution in [1.29, 1.82) is 0 Å². The number of fused-ring (bicyclic) bond motifs is 1. The molecule has 0 saturated carbocycles. The number of hydrogen-bond acceptors (Lipinski definition) is 2. The molecule has 3 aromatic rings. The van der Waals surface area contributed by atoms with Crippen molar-refractivity contribution in [3.63, 3.8) is 0 Å². The normalized spacial score (nSPS) is 10.0. The summed E-state index contributed by atoms with van der Waals surface area (Å²) in [6.07, 6.45) is 4.29. The van der Waals surface area contributed by atoms with E-state index in [0.29, 0.717) is 6.42 Å². The first-order valence-electron chi connectivity index (χ1n) is 5.75. The summed E-state index contributed by atoms with van der Waals surface area (Å²) < 4.78 is 1.74. The van der Waals surface area contributed by atoms with Gasteiger partial charge < -0.3 is 0 Å². The van der Waals surface area contributed by atoms with Gasteiger partial charge in [-0.15, -0.1) is 0 Å². The quantitative estimate of drug-likeness (QED) is 0.604. The standard InChI is InChI=1S/C15H11N3/c1-2-5-13(6-3-1)7-4-8-14-10-12-18-15(17-14)9-11-16-18/h1-3,5-6,9-12H,8H2. The minimum Gasteiger partial charge on any atom is -0.233 e. The highest BCUT2D eigenvalue weighted by Crippen LogP contribution is 2.01. The molecular formula is C15H11N3. The topological polar surface area (TPSA) is 30.2 Å². The zero-order chi connectivity index (χ0) is 12.2. The number of nitrogens with zero attached hydrogens (tertiary/aromatic N) is 3. The van der Waals surface area contributed by atoms with Gasteiger partial charge >= 0.3 is 0 Å². The predicted molar refractivity (Wildman–Crippen MR) is 70.0 cm³/mol. The van der Waals surface area contributed by atoms with Gasteiger partial charge in [-0.3, -0.25) is 0 Å². The molecule has 0 spiro atoms. The Morgan fingerprint density at radius 2 is 1.94 bits per heavy atom. The summed E-state index contributed by atoms with van der Waals surface area (Å²) in [5.41, 5.74) is 2.85. The first-order valence-corrected chi connectivity index (χ1v) is 5.75. The fourth-order valence-electron chi connectivity index (χ4n) is 1.71. The Kier molecular flexibility index (Phi) is 2.77. The Balaban J connectivity index is 1.79. The second-order valence-corrected chi connectivity index (χ2v) is 3.90. The molecule has 0 amide bonds. The molecule has 3 rings (SSSR count). The summed E-state index contributed by atoms with van der Waals surface area (Å²) in [5.74, 6) is 6.26. The minimum absolute atomic E-state index is 0.649. The summed E-state index contributed by atoms with van der Waals surface area (Å²) >= 11 is 0. The molecule has 86 valence electrons. The maximum Gasteiger partial charge on any atom is 0.155 e. The molecule has 0 bridgehead atoms. The van der Waals surface area contributed by atoms with Gasteiger partial charge in [-0.05, 0) is 18.2 Å². The summed E-state index contributed by atoms with van der Waals surface area (Å²) in [5, 5.41) is 4.11. The Labute approximate surface area is 105 Å². The van der Waals surface area contributed by atoms with Crippen LogP contribution in [-0.4, -0.2) is 14.6 Å². The van der Waals surface area contributed by atoms with Gasteiger partial charge in [-0.2, -0.15) is 5.10 Å². The lowest BCUT2D eigenvalue weighted by Gasteiger charge is -1.95. The number of rotatable bonds is 1. The molecule has 0 fully saturated rings. The third kappa shape index (κ3) is 2.23. The SMILES string of the molecule is C(#Cc1ccccc1)Cc1ccn2nccc2n1. The lowest BCUT2D eigenvalue weighted by molar-refractivity contribution is 0.924. The Bertz CT molecular complexity index is 717. The highest BCUT2D eigenvalue weighted by Gasteiger charge is 1.96. The van der Waals surface area contributed by atoms with Crippen LogP contribution in [0.2, 0.25) is 0 Å². The molecule has 3 heteroatoms. The summed E-state index contributed by atoms with van der Waals surface area (Å²) in [6.45, 7) is 0. The maximum atomic E-state index is 4.46. The number of hydrogen-bond donors (Lipinski definition) is 0. The van der Waals surface area contributed by atoms with Crippen LogP contribution in [0.1, 0.15) is 11.3 Å². The van der Waals surface area contributed by atoms with Crippen molar-refractivity contribution < 1.29 is 0 Å². The molecule has 0 radical (unpaired) electrons. The maximum absolute atomic E-state index is 4.46. The third-order valence-corrected chi connectivity index (χ3v) is 2.59. The highest BCUT2D eigenvalue weighted by molar-refractivity contribution is 5.38. The van der Waals surface area contributed by atoms with E-state index in [1.54, 1.807) is 10.7 Å². The van der Waals surface area contributed by atoms with Crippen molar-refractivity contribution in [2.24, 2.45) is 0 Å². The van der Waals surface area contributed by atoms with Crippen LogP contribution in [-0.2, 0) is 6.42 Å². The predicted octanol–water partition coefficient (Wildman–Crippen LogP) is 2.32. The van der Waals surface area contributed by atoms with E-state index >= 15 is 0 Å². The smallest absolute Gasteiger partial charge is 0.155 e. The van der Waals surface area contributed by atoms with E-state index in [2.05, 4.69) is 21.9 Å². The second kappa shape index (κ2) is 4.72. The van der Waals surface area contributed by atoms with Gasteiger partial charge in [-0.25, -0.2) is 9.50 Å². The monoisotopic (exact) mass is 233 g/mol. The molecule has 2 aromatic heterocycles. The van der Waals surface area contributed by atoms with Crippen molar-refractivity contribution in [3.8, 4) is 11.8 Å². The van der Waals surface area contributed by atoms with Crippen LogP contribution in [0, 0.1) is 11.8 Å². The van der Waals surface area contributed by atoms with E-state index in [-0.39, 0.29) is 0 Å². The molecule has 1 aromatic carbocycles. The van der Waals surface area contributed by atoms with Gasteiger partial charge in [-0.1, -0.05) is 30.0 Å². The molecule has 0 aliphatic rings. The lowest BCUT2D eigenvalue weighted by atomic mass is 10.2. The Hall–Kier alpha value is -2.60. The lowest BCUT2D eigenvalue weighted by Crippen LogP contribution is -1.93. The molecule has 0 saturated heterocycles. The molecule has 0 atom stereocenters. The van der Waals surface area contributed by atoms with E-state index < -0.39 is 0 Å². The van der Waals surface area contributed by atoms with Crippen LogP contribution in [0.15, 0.2) is 54.9 Å². The molecule has 2 heterocycles. The van der Waals surface area contributed by atoms with Crippen LogP contribution in [0.4, 0.5) is 0 Å². The van der Waals surface area contributed by atoms with Crippen molar-refractivity contribution in [2.45, 2.75) is 6.42 Å². The van der Waals surface area contributed by atoms with Crippen molar-refractivity contribution in [1.82, 2.24) is 14.6 Å². The minimum atomic E-state index is 0.649. The molecule has 3 nitrogen and oxygen atoms in total. The van der Waals surface area contributed by atoms with Crippen LogP contribution in [0.3, 0.4) is 0 Å². The van der Waals surface area contributed by atoms with Gasteiger partial charge in [0, 0.05) is 17.8 Å². The van der Waals surface area contributed by atoms with Gasteiger partial charge in [0.05, 0.1) is 18.3 Å². The fraction of sp³-hybridized carbons (Fsp3) is 0.0667. The van der Waals surface area contributed by atoms with E-state index in [1.165, 1.54) is 0 Å². The average Bonchev–Trinajstić information content (AvgIpc) is 2.87. The average molecular weight is 233 g/mol. The van der Waals surface area contributed by atoms with Gasteiger partial charge in [0.1, 0.15) is 0 Å². The van der Waals surface area contributed by atoms with Gasteiger partial charge in [0.25, 0.3) is 0 Å². The first-order chi connectivity index (χ1) is 8.92. The Morgan fingerprint density at radius 1 is 1.06 bits per heavy atom. The van der Waals surface area contributed by atoms with Crippen molar-refractivity contribution >= 4 is 5.65 Å². The largest absolute Gasteiger partial charge is 0.233 e. The molecule has 0 N–H and O–H groups in total. The molecule has 0 aliphatic carbocycles. The summed E-state index contributed by atoms with van der Waals surface area (Å²) in [6, 6.07) is 13.8. The van der Waals surface area contributed by atoms with Crippen LogP contribution >= 0.6 is 0 Å². The number of aromatic nitrogens is 3. The van der Waals surface area contributed by atoms with Crippen LogP contribution < -0.4 is 0 Å². The van der Waals surface area contributed by atoms with Crippen molar-refractivity contribution in [3.05, 3.63) is 66.1 Å². The zero-order valence-corrected chi connectivity index (χ0v) is 9.74. The second-order valence-electron chi connectivity index (χ2n) is 3.90. The molecule has 0 aliphatic heterocycles. The number of benzene rings is 1. The molecule has 0 unspecified atom stereocenters. The van der Waals surface area contributed by atoms with Crippen molar-refractivity contribution in [2.75, 3.05) is 0 Å². The van der Waals surface area contributed by atoms with E-state index in [0.717, 1.165) is 16.9 Å². The van der Waals surface area contributed by atoms with E-state index in [4.69, 9.17) is 0 Å². The van der Waals surface area contributed by atoms with Gasteiger partial charge in [0.15, 0.2) is 5.65 Å². The summed E-state index contributed by atoms with van der Waals surface area (Å²) in [4.78, 5) is 4.46. The first kappa shape index (κ1) is 10.5. The Morgan fingerprint density at radius 3 is 2.83 bits per heavy atom. The third-order valence-electron chi connectivity index (χ3n) is 2.59. The zero-order valence-electron chi connectivity index (χ0n) is 9.74. The van der Waals surface area contributed by atoms with Crippen LogP contribution in [0.25, 0.3) is 5.65 Å². The molecule has 18 heavy (non-hydrogen) atoms. The van der Waals surface area contributed by atoms with Crippen LogP contribution in [0.5, 0.6) is 0 Å². The fourth-order valence-corrected chi connectivity index (χ4v) is 1.71. The summed E-state index contributed by atoms with van der Waals surface area (Å²) in [7, 11) is 0. The van der Waals surface area contributed by atoms with E-state index in [9.17, 15) is 0 Å². The molecular weight excluding hydrogens is 222 g/mol. The van der Waals surface area contributed by atoms with E-state index in [1.807, 2.05) is 48.7 Å². The van der Waals surface area contributed by atoms with Gasteiger partial charge in [0.2, 0.25) is 0 Å². The highest BCUT2D eigenvalue weighted by atomic mass is 15.2.